The molecule has 0 aliphatic carbocycles. The average Bonchev–Trinajstić information content (AvgIpc) is 2.50. The molecule has 0 aliphatic heterocycles. The highest BCUT2D eigenvalue weighted by atomic mass is 16.1. The van der Waals surface area contributed by atoms with Crippen LogP contribution in [-0.2, 0) is 0 Å². The number of aromatic amines is 1. The first-order valence-electron chi connectivity index (χ1n) is 5.37. The molecule has 0 bridgehead atoms. The van der Waals surface area contributed by atoms with Crippen LogP contribution in [0.1, 0.15) is 22.4 Å². The molecule has 16 heavy (non-hydrogen) atoms. The van der Waals surface area contributed by atoms with Crippen LogP contribution < -0.4 is 5.56 Å². The standard InChI is InChI=1S/C13H16N2O/c1-8-6-5-7-12(9(8)2)15-11(4)10(3)13(16)14-15/h5-7H,1-4H3,(H,14,16). The van der Waals surface area contributed by atoms with Crippen LogP contribution in [0, 0.1) is 27.7 Å². The Hall–Kier alpha value is -1.77. The highest BCUT2D eigenvalue weighted by Gasteiger charge is 2.10. The van der Waals surface area contributed by atoms with Gasteiger partial charge in [-0.2, -0.15) is 0 Å². The minimum absolute atomic E-state index is 0.0154. The van der Waals surface area contributed by atoms with Gasteiger partial charge in [0.2, 0.25) is 0 Å². The van der Waals surface area contributed by atoms with E-state index in [2.05, 4.69) is 25.0 Å². The highest BCUT2D eigenvalue weighted by Crippen LogP contribution is 2.18. The van der Waals surface area contributed by atoms with E-state index in [1.807, 2.05) is 30.7 Å². The van der Waals surface area contributed by atoms with Crippen LogP contribution in [0.5, 0.6) is 0 Å². The van der Waals surface area contributed by atoms with Crippen molar-refractivity contribution in [3.05, 3.63) is 50.9 Å². The molecule has 3 nitrogen and oxygen atoms in total. The molecule has 1 heterocycles. The summed E-state index contributed by atoms with van der Waals surface area (Å²) in [5, 5.41) is 2.86. The topological polar surface area (TPSA) is 37.8 Å². The third-order valence-corrected chi connectivity index (χ3v) is 3.25. The molecule has 1 N–H and O–H groups in total. The van der Waals surface area contributed by atoms with E-state index in [-0.39, 0.29) is 5.56 Å². The molecule has 3 heteroatoms. The predicted octanol–water partition coefficient (Wildman–Crippen LogP) is 2.40. The summed E-state index contributed by atoms with van der Waals surface area (Å²) in [6.07, 6.45) is 0. The summed E-state index contributed by atoms with van der Waals surface area (Å²) in [5.74, 6) is 0. The number of aromatic nitrogens is 2. The lowest BCUT2D eigenvalue weighted by Gasteiger charge is -2.11. The maximum atomic E-state index is 11.6. The van der Waals surface area contributed by atoms with Crippen molar-refractivity contribution in [2.24, 2.45) is 0 Å². The Balaban J connectivity index is 2.73. The molecule has 2 aromatic rings. The van der Waals surface area contributed by atoms with Gasteiger partial charge in [-0.3, -0.25) is 14.6 Å². The molecule has 2 rings (SSSR count). The Bertz CT molecular complexity index is 590. The largest absolute Gasteiger partial charge is 0.268 e. The molecule has 0 spiro atoms. The van der Waals surface area contributed by atoms with Gasteiger partial charge in [0.15, 0.2) is 0 Å². The Morgan fingerprint density at radius 3 is 2.31 bits per heavy atom. The van der Waals surface area contributed by atoms with E-state index in [0.717, 1.165) is 16.9 Å². The summed E-state index contributed by atoms with van der Waals surface area (Å²) >= 11 is 0. The third kappa shape index (κ3) is 1.48. The van der Waals surface area contributed by atoms with Gasteiger partial charge in [0, 0.05) is 11.3 Å². The number of nitrogens with one attached hydrogen (secondary N) is 1. The van der Waals surface area contributed by atoms with Crippen LogP contribution in [0.25, 0.3) is 5.69 Å². The van der Waals surface area contributed by atoms with Crippen molar-refractivity contribution in [3.63, 3.8) is 0 Å². The third-order valence-electron chi connectivity index (χ3n) is 3.25. The Morgan fingerprint density at radius 1 is 1.06 bits per heavy atom. The van der Waals surface area contributed by atoms with Gasteiger partial charge in [-0.1, -0.05) is 12.1 Å². The lowest BCUT2D eigenvalue weighted by molar-refractivity contribution is 0.826. The molecule has 0 aliphatic rings. The molecule has 1 aromatic heterocycles. The SMILES string of the molecule is Cc1cccc(-n2[nH]c(=O)c(C)c2C)c1C. The second-order valence-corrected chi connectivity index (χ2v) is 4.21. The zero-order valence-corrected chi connectivity index (χ0v) is 10.1. The molecule has 0 radical (unpaired) electrons. The molecular formula is C13H16N2O. The molecule has 1 aromatic carbocycles. The van der Waals surface area contributed by atoms with Gasteiger partial charge in [0.1, 0.15) is 0 Å². The number of H-pyrrole nitrogens is 1. The van der Waals surface area contributed by atoms with E-state index in [1.165, 1.54) is 11.1 Å². The van der Waals surface area contributed by atoms with Crippen molar-refractivity contribution >= 4 is 0 Å². The first kappa shape index (κ1) is 10.7. The van der Waals surface area contributed by atoms with E-state index in [0.29, 0.717) is 0 Å². The fourth-order valence-electron chi connectivity index (χ4n) is 1.82. The smallest absolute Gasteiger partial charge is 0.267 e. The zero-order chi connectivity index (χ0) is 11.9. The molecule has 0 saturated heterocycles. The minimum atomic E-state index is -0.0154. The fraction of sp³-hybridized carbons (Fsp3) is 0.308. The number of rotatable bonds is 1. The van der Waals surface area contributed by atoms with Gasteiger partial charge in [-0.05, 0) is 44.9 Å². The van der Waals surface area contributed by atoms with Crippen molar-refractivity contribution in [2.75, 3.05) is 0 Å². The van der Waals surface area contributed by atoms with Gasteiger partial charge in [-0.15, -0.1) is 0 Å². The number of aryl methyl sites for hydroxylation is 1. The number of nitrogens with zero attached hydrogens (tertiary/aromatic N) is 1. The first-order valence-corrected chi connectivity index (χ1v) is 5.37. The maximum absolute atomic E-state index is 11.6. The van der Waals surface area contributed by atoms with Gasteiger partial charge in [-0.25, -0.2) is 0 Å². The van der Waals surface area contributed by atoms with E-state index in [4.69, 9.17) is 0 Å². The fourth-order valence-corrected chi connectivity index (χ4v) is 1.82. The molecule has 0 atom stereocenters. The van der Waals surface area contributed by atoms with Crippen molar-refractivity contribution in [2.45, 2.75) is 27.7 Å². The van der Waals surface area contributed by atoms with E-state index in [9.17, 15) is 4.79 Å². The van der Waals surface area contributed by atoms with Gasteiger partial charge >= 0.3 is 0 Å². The van der Waals surface area contributed by atoms with Crippen LogP contribution in [-0.4, -0.2) is 9.78 Å². The van der Waals surface area contributed by atoms with Crippen molar-refractivity contribution in [1.29, 1.82) is 0 Å². The summed E-state index contributed by atoms with van der Waals surface area (Å²) in [6.45, 7) is 7.94. The summed E-state index contributed by atoms with van der Waals surface area (Å²) < 4.78 is 1.86. The van der Waals surface area contributed by atoms with E-state index < -0.39 is 0 Å². The molecule has 0 amide bonds. The van der Waals surface area contributed by atoms with E-state index in [1.54, 1.807) is 0 Å². The van der Waals surface area contributed by atoms with Crippen LogP contribution >= 0.6 is 0 Å². The second-order valence-electron chi connectivity index (χ2n) is 4.21. The van der Waals surface area contributed by atoms with Crippen LogP contribution in [0.4, 0.5) is 0 Å². The van der Waals surface area contributed by atoms with Crippen molar-refractivity contribution < 1.29 is 0 Å². The number of benzene rings is 1. The first-order chi connectivity index (χ1) is 7.52. The van der Waals surface area contributed by atoms with Crippen LogP contribution in [0.3, 0.4) is 0 Å². The lowest BCUT2D eigenvalue weighted by atomic mass is 10.1. The monoisotopic (exact) mass is 216 g/mol. The molecule has 84 valence electrons. The average molecular weight is 216 g/mol. The molecule has 0 unspecified atom stereocenters. The lowest BCUT2D eigenvalue weighted by Crippen LogP contribution is -2.06. The summed E-state index contributed by atoms with van der Waals surface area (Å²) in [7, 11) is 0. The van der Waals surface area contributed by atoms with Crippen LogP contribution in [0.2, 0.25) is 0 Å². The quantitative estimate of drug-likeness (QED) is 0.781. The van der Waals surface area contributed by atoms with Crippen molar-refractivity contribution in [1.82, 2.24) is 9.78 Å². The highest BCUT2D eigenvalue weighted by molar-refractivity contribution is 5.45. The van der Waals surface area contributed by atoms with E-state index >= 15 is 0 Å². The Morgan fingerprint density at radius 2 is 1.75 bits per heavy atom. The summed E-state index contributed by atoms with van der Waals surface area (Å²) in [5.41, 5.74) is 5.20. The van der Waals surface area contributed by atoms with Crippen molar-refractivity contribution in [3.8, 4) is 5.69 Å². The zero-order valence-electron chi connectivity index (χ0n) is 10.1. The summed E-state index contributed by atoms with van der Waals surface area (Å²) in [6, 6.07) is 6.10. The second kappa shape index (κ2) is 3.67. The summed E-state index contributed by atoms with van der Waals surface area (Å²) in [4.78, 5) is 11.6. The normalized spacial score (nSPS) is 10.8. The number of hydrogen-bond donors (Lipinski definition) is 1. The molecule has 0 saturated carbocycles. The van der Waals surface area contributed by atoms with Crippen LogP contribution in [0.15, 0.2) is 23.0 Å². The Labute approximate surface area is 94.7 Å². The van der Waals surface area contributed by atoms with Gasteiger partial charge in [0.25, 0.3) is 5.56 Å². The number of hydrogen-bond acceptors (Lipinski definition) is 1. The molecule has 0 fully saturated rings. The maximum Gasteiger partial charge on any atom is 0.267 e. The Kier molecular flexibility index (Phi) is 2.46. The minimum Gasteiger partial charge on any atom is -0.268 e. The van der Waals surface area contributed by atoms with Gasteiger partial charge in [0.05, 0.1) is 5.69 Å². The molecular weight excluding hydrogens is 200 g/mol. The van der Waals surface area contributed by atoms with Gasteiger partial charge < -0.3 is 0 Å². The predicted molar refractivity (Wildman–Crippen MR) is 65.3 cm³/mol.